The van der Waals surface area contributed by atoms with E-state index in [0.29, 0.717) is 11.3 Å². The van der Waals surface area contributed by atoms with Crippen molar-refractivity contribution in [1.29, 1.82) is 0 Å². The number of hydrogen-bond acceptors (Lipinski definition) is 0. The molecule has 2 aliphatic rings. The highest BCUT2D eigenvalue weighted by Gasteiger charge is 2.24. The zero-order valence-electron chi connectivity index (χ0n) is 11.9. The molecule has 0 radical (unpaired) electrons. The molecule has 0 saturated carbocycles. The number of allylic oxidation sites excluding steroid dienone is 1. The highest BCUT2D eigenvalue weighted by atomic mass is 14.3. The number of benzene rings is 1. The predicted molar refractivity (Wildman–Crippen MR) is 78.9 cm³/mol. The van der Waals surface area contributed by atoms with E-state index >= 15 is 0 Å². The summed E-state index contributed by atoms with van der Waals surface area (Å²) >= 11 is 0. The highest BCUT2D eigenvalue weighted by Crippen LogP contribution is 2.40. The standard InChI is InChI=1S/C18H24/c1-18(2,3)12-16-9-8-15-10-13-6-4-5-7-14(13)11-17(15)16/h8-11,16H,4-7,12H2,1-3H3. The van der Waals surface area contributed by atoms with Gasteiger partial charge in [0, 0.05) is 5.92 Å². The maximum Gasteiger partial charge on any atom is 0.00323 e. The number of fused-ring (bicyclic) bond motifs is 2. The Morgan fingerprint density at radius 3 is 2.39 bits per heavy atom. The van der Waals surface area contributed by atoms with Crippen LogP contribution >= 0.6 is 0 Å². The predicted octanol–water partition coefficient (Wildman–Crippen LogP) is 5.11. The molecule has 1 aromatic rings. The van der Waals surface area contributed by atoms with E-state index in [0.717, 1.165) is 0 Å². The Labute approximate surface area is 111 Å². The summed E-state index contributed by atoms with van der Waals surface area (Å²) < 4.78 is 0. The maximum absolute atomic E-state index is 2.51. The summed E-state index contributed by atoms with van der Waals surface area (Å²) in [6, 6.07) is 4.98. The lowest BCUT2D eigenvalue weighted by molar-refractivity contribution is 0.362. The molecule has 0 bridgehead atoms. The summed E-state index contributed by atoms with van der Waals surface area (Å²) in [5.41, 5.74) is 6.73. The van der Waals surface area contributed by atoms with Gasteiger partial charge in [-0.2, -0.15) is 0 Å². The average molecular weight is 240 g/mol. The fraction of sp³-hybridized carbons (Fsp3) is 0.556. The van der Waals surface area contributed by atoms with Crippen molar-refractivity contribution in [2.24, 2.45) is 5.41 Å². The third-order valence-electron chi connectivity index (χ3n) is 4.29. The van der Waals surface area contributed by atoms with E-state index in [1.165, 1.54) is 37.7 Å². The van der Waals surface area contributed by atoms with Gasteiger partial charge in [0.1, 0.15) is 0 Å². The van der Waals surface area contributed by atoms with E-state index in [2.05, 4.69) is 45.1 Å². The van der Waals surface area contributed by atoms with Crippen LogP contribution in [-0.4, -0.2) is 0 Å². The van der Waals surface area contributed by atoms with Gasteiger partial charge in [-0.25, -0.2) is 0 Å². The normalized spacial score (nSPS) is 21.8. The van der Waals surface area contributed by atoms with Crippen molar-refractivity contribution >= 4 is 6.08 Å². The van der Waals surface area contributed by atoms with Gasteiger partial charge in [0.15, 0.2) is 0 Å². The molecule has 0 saturated heterocycles. The molecular weight excluding hydrogens is 216 g/mol. The van der Waals surface area contributed by atoms with Crippen LogP contribution in [-0.2, 0) is 12.8 Å². The first-order valence-corrected chi connectivity index (χ1v) is 7.37. The molecule has 0 spiro atoms. The van der Waals surface area contributed by atoms with Gasteiger partial charge >= 0.3 is 0 Å². The summed E-state index contributed by atoms with van der Waals surface area (Å²) in [4.78, 5) is 0. The van der Waals surface area contributed by atoms with E-state index in [4.69, 9.17) is 0 Å². The minimum Gasteiger partial charge on any atom is -0.0764 e. The molecule has 96 valence electrons. The van der Waals surface area contributed by atoms with Crippen LogP contribution < -0.4 is 0 Å². The van der Waals surface area contributed by atoms with Crippen molar-refractivity contribution in [3.63, 3.8) is 0 Å². The van der Waals surface area contributed by atoms with Crippen molar-refractivity contribution in [2.45, 2.75) is 58.8 Å². The first-order valence-electron chi connectivity index (χ1n) is 7.37. The lowest BCUT2D eigenvalue weighted by Crippen LogP contribution is -2.11. The van der Waals surface area contributed by atoms with E-state index in [9.17, 15) is 0 Å². The molecule has 0 aliphatic heterocycles. The van der Waals surface area contributed by atoms with Crippen LogP contribution in [0.15, 0.2) is 18.2 Å². The SMILES string of the molecule is CC(C)(C)CC1C=Cc2cc3c(cc21)CCCC3. The molecule has 0 aromatic heterocycles. The summed E-state index contributed by atoms with van der Waals surface area (Å²) in [5.74, 6) is 0.646. The summed E-state index contributed by atoms with van der Waals surface area (Å²) in [7, 11) is 0. The molecule has 18 heavy (non-hydrogen) atoms. The first-order chi connectivity index (χ1) is 8.53. The van der Waals surface area contributed by atoms with Gasteiger partial charge in [-0.05, 0) is 59.8 Å². The first kappa shape index (κ1) is 12.0. The number of rotatable bonds is 1. The van der Waals surface area contributed by atoms with Crippen LogP contribution in [0, 0.1) is 5.41 Å². The van der Waals surface area contributed by atoms with E-state index in [1.807, 2.05) is 0 Å². The molecular formula is C18H24. The molecule has 1 aromatic carbocycles. The average Bonchev–Trinajstić information content (AvgIpc) is 2.67. The molecule has 1 unspecified atom stereocenters. The van der Waals surface area contributed by atoms with Crippen LogP contribution in [0.3, 0.4) is 0 Å². The summed E-state index contributed by atoms with van der Waals surface area (Å²) in [6.45, 7) is 7.03. The van der Waals surface area contributed by atoms with Crippen molar-refractivity contribution < 1.29 is 0 Å². The Hall–Kier alpha value is -1.04. The number of hydrogen-bond donors (Lipinski definition) is 0. The van der Waals surface area contributed by atoms with Crippen LogP contribution in [0.5, 0.6) is 0 Å². The lowest BCUT2D eigenvalue weighted by Gasteiger charge is -2.24. The molecule has 0 N–H and O–H groups in total. The molecule has 2 aliphatic carbocycles. The van der Waals surface area contributed by atoms with Gasteiger partial charge in [-0.15, -0.1) is 0 Å². The highest BCUT2D eigenvalue weighted by molar-refractivity contribution is 5.64. The molecule has 0 fully saturated rings. The van der Waals surface area contributed by atoms with Gasteiger partial charge in [-0.1, -0.05) is 45.1 Å². The molecule has 1 atom stereocenters. The molecule has 0 amide bonds. The van der Waals surface area contributed by atoms with Crippen molar-refractivity contribution in [2.75, 3.05) is 0 Å². The molecule has 0 nitrogen and oxygen atoms in total. The van der Waals surface area contributed by atoms with Crippen LogP contribution in [0.25, 0.3) is 6.08 Å². The fourth-order valence-corrected chi connectivity index (χ4v) is 3.45. The van der Waals surface area contributed by atoms with E-state index in [-0.39, 0.29) is 0 Å². The van der Waals surface area contributed by atoms with Gasteiger partial charge in [-0.3, -0.25) is 0 Å². The van der Waals surface area contributed by atoms with Crippen molar-refractivity contribution in [3.8, 4) is 0 Å². The summed E-state index contributed by atoms with van der Waals surface area (Å²) in [6.07, 6.45) is 11.4. The van der Waals surface area contributed by atoms with Crippen LogP contribution in [0.2, 0.25) is 0 Å². The monoisotopic (exact) mass is 240 g/mol. The second-order valence-electron chi connectivity index (χ2n) is 7.19. The van der Waals surface area contributed by atoms with Gasteiger partial charge in [0.2, 0.25) is 0 Å². The van der Waals surface area contributed by atoms with Gasteiger partial charge in [0.05, 0.1) is 0 Å². The van der Waals surface area contributed by atoms with Crippen molar-refractivity contribution in [1.82, 2.24) is 0 Å². The largest absolute Gasteiger partial charge is 0.0764 e. The second kappa shape index (κ2) is 4.26. The minimum atomic E-state index is 0.409. The van der Waals surface area contributed by atoms with Gasteiger partial charge in [0.25, 0.3) is 0 Å². The number of aryl methyl sites for hydroxylation is 2. The smallest absolute Gasteiger partial charge is 0.00323 e. The van der Waals surface area contributed by atoms with Crippen LogP contribution in [0.4, 0.5) is 0 Å². The molecule has 3 rings (SSSR count). The zero-order valence-corrected chi connectivity index (χ0v) is 11.9. The van der Waals surface area contributed by atoms with E-state index in [1.54, 1.807) is 16.7 Å². The summed E-state index contributed by atoms with van der Waals surface area (Å²) in [5, 5.41) is 0. The fourth-order valence-electron chi connectivity index (χ4n) is 3.45. The molecule has 0 heteroatoms. The second-order valence-corrected chi connectivity index (χ2v) is 7.19. The van der Waals surface area contributed by atoms with Crippen molar-refractivity contribution in [3.05, 3.63) is 40.5 Å². The maximum atomic E-state index is 2.51. The third-order valence-corrected chi connectivity index (χ3v) is 4.29. The molecule has 0 heterocycles. The van der Waals surface area contributed by atoms with E-state index < -0.39 is 0 Å². The Morgan fingerprint density at radius 1 is 1.06 bits per heavy atom. The van der Waals surface area contributed by atoms with Gasteiger partial charge < -0.3 is 0 Å². The van der Waals surface area contributed by atoms with Crippen LogP contribution in [0.1, 0.15) is 68.2 Å². The quantitative estimate of drug-likeness (QED) is 0.639. The third kappa shape index (κ3) is 2.25. The minimum absolute atomic E-state index is 0.409. The Balaban J connectivity index is 1.94. The lowest BCUT2D eigenvalue weighted by atomic mass is 9.80. The Kier molecular flexibility index (Phi) is 2.84. The topological polar surface area (TPSA) is 0 Å². The Morgan fingerprint density at radius 2 is 1.72 bits per heavy atom. The Bertz CT molecular complexity index is 485. The zero-order chi connectivity index (χ0) is 12.8.